The molecule has 0 heterocycles. The number of nitrogen functional groups attached to an aromatic ring is 1. The highest BCUT2D eigenvalue weighted by Crippen LogP contribution is 2.28. The fourth-order valence-electron chi connectivity index (χ4n) is 1.67. The predicted octanol–water partition coefficient (Wildman–Crippen LogP) is 1.83. The fourth-order valence-corrected chi connectivity index (χ4v) is 1.96. The lowest BCUT2D eigenvalue weighted by Gasteiger charge is -2.29. The number of anilines is 1. The monoisotopic (exact) mass is 255 g/mol. The van der Waals surface area contributed by atoms with Crippen LogP contribution in [0.25, 0.3) is 0 Å². The Morgan fingerprint density at radius 2 is 2.18 bits per heavy atom. The summed E-state index contributed by atoms with van der Waals surface area (Å²) in [6.07, 6.45) is 0. The summed E-state index contributed by atoms with van der Waals surface area (Å²) in [5, 5.41) is 16.9. The van der Waals surface area contributed by atoms with E-state index < -0.39 is 0 Å². The van der Waals surface area contributed by atoms with Crippen LogP contribution in [-0.2, 0) is 0 Å². The van der Waals surface area contributed by atoms with Crippen molar-refractivity contribution in [3.8, 4) is 0 Å². The van der Waals surface area contributed by atoms with Gasteiger partial charge in [0.15, 0.2) is 0 Å². The maximum atomic E-state index is 9.04. The molecule has 0 aliphatic heterocycles. The summed E-state index contributed by atoms with van der Waals surface area (Å²) in [5.74, 6) is -0.00305. The zero-order chi connectivity index (χ0) is 13.0. The van der Waals surface area contributed by atoms with Crippen LogP contribution in [0.5, 0.6) is 0 Å². The molecule has 0 amide bonds. The summed E-state index contributed by atoms with van der Waals surface area (Å²) < 4.78 is 0. The van der Waals surface area contributed by atoms with Gasteiger partial charge < -0.3 is 15.7 Å². The van der Waals surface area contributed by atoms with Crippen LogP contribution in [0.15, 0.2) is 18.2 Å². The Morgan fingerprint density at radius 1 is 1.53 bits per heavy atom. The molecule has 0 saturated carbocycles. The Balaban J connectivity index is 3.08. The Hall–Kier alpha value is -1.26. The SMILES string of the molecule is CC(C)N(CCO)c1ccc(C(=N)N)cc1Cl. The van der Waals surface area contributed by atoms with E-state index >= 15 is 0 Å². The molecule has 4 nitrogen and oxygen atoms in total. The van der Waals surface area contributed by atoms with Crippen molar-refractivity contribution in [2.75, 3.05) is 18.1 Å². The summed E-state index contributed by atoms with van der Waals surface area (Å²) in [6.45, 7) is 4.66. The number of nitrogens with two attached hydrogens (primary N) is 1. The molecule has 0 saturated heterocycles. The number of aliphatic hydroxyl groups is 1. The maximum absolute atomic E-state index is 9.04. The number of aliphatic hydroxyl groups excluding tert-OH is 1. The van der Waals surface area contributed by atoms with Crippen LogP contribution in [0.3, 0.4) is 0 Å². The van der Waals surface area contributed by atoms with Gasteiger partial charge in [-0.2, -0.15) is 0 Å². The van der Waals surface area contributed by atoms with Crippen LogP contribution in [0.1, 0.15) is 19.4 Å². The average molecular weight is 256 g/mol. The first-order valence-electron chi connectivity index (χ1n) is 5.48. The van der Waals surface area contributed by atoms with E-state index in [1.807, 2.05) is 24.8 Å². The van der Waals surface area contributed by atoms with Gasteiger partial charge in [0.25, 0.3) is 0 Å². The first-order valence-corrected chi connectivity index (χ1v) is 5.86. The highest BCUT2D eigenvalue weighted by atomic mass is 35.5. The number of benzene rings is 1. The van der Waals surface area contributed by atoms with Crippen LogP contribution in [0.2, 0.25) is 5.02 Å². The van der Waals surface area contributed by atoms with Crippen molar-refractivity contribution >= 4 is 23.1 Å². The van der Waals surface area contributed by atoms with Crippen molar-refractivity contribution in [2.45, 2.75) is 19.9 Å². The molecule has 0 unspecified atom stereocenters. The third-order valence-electron chi connectivity index (χ3n) is 2.53. The minimum atomic E-state index is -0.00305. The van der Waals surface area contributed by atoms with Crippen LogP contribution in [0.4, 0.5) is 5.69 Å². The van der Waals surface area contributed by atoms with E-state index in [-0.39, 0.29) is 18.5 Å². The van der Waals surface area contributed by atoms with Gasteiger partial charge in [-0.15, -0.1) is 0 Å². The number of amidine groups is 1. The molecular weight excluding hydrogens is 238 g/mol. The fraction of sp³-hybridized carbons (Fsp3) is 0.417. The van der Waals surface area contributed by atoms with E-state index in [4.69, 9.17) is 27.9 Å². The largest absolute Gasteiger partial charge is 0.395 e. The maximum Gasteiger partial charge on any atom is 0.122 e. The Kier molecular flexibility index (Phi) is 4.78. The topological polar surface area (TPSA) is 73.3 Å². The Labute approximate surface area is 107 Å². The molecule has 1 rings (SSSR count). The number of hydrogen-bond acceptors (Lipinski definition) is 3. The zero-order valence-corrected chi connectivity index (χ0v) is 10.8. The molecule has 0 atom stereocenters. The molecule has 0 aromatic heterocycles. The van der Waals surface area contributed by atoms with E-state index in [1.165, 1.54) is 0 Å². The second-order valence-electron chi connectivity index (χ2n) is 4.09. The summed E-state index contributed by atoms with van der Waals surface area (Å²) in [7, 11) is 0. The molecule has 0 radical (unpaired) electrons. The minimum Gasteiger partial charge on any atom is -0.395 e. The van der Waals surface area contributed by atoms with Gasteiger partial charge >= 0.3 is 0 Å². The second-order valence-corrected chi connectivity index (χ2v) is 4.50. The smallest absolute Gasteiger partial charge is 0.122 e. The van der Waals surface area contributed by atoms with E-state index in [9.17, 15) is 0 Å². The summed E-state index contributed by atoms with van der Waals surface area (Å²) >= 11 is 6.17. The average Bonchev–Trinajstić information content (AvgIpc) is 2.26. The lowest BCUT2D eigenvalue weighted by atomic mass is 10.1. The van der Waals surface area contributed by atoms with E-state index in [2.05, 4.69) is 0 Å². The number of halogens is 1. The summed E-state index contributed by atoms with van der Waals surface area (Å²) in [4.78, 5) is 2.01. The first kappa shape index (κ1) is 13.8. The molecular formula is C12H18ClN3O. The summed E-state index contributed by atoms with van der Waals surface area (Å²) in [6, 6.07) is 5.50. The van der Waals surface area contributed by atoms with E-state index in [1.54, 1.807) is 12.1 Å². The van der Waals surface area contributed by atoms with Gasteiger partial charge in [0, 0.05) is 18.2 Å². The molecule has 0 aliphatic rings. The van der Waals surface area contributed by atoms with Gasteiger partial charge in [0.1, 0.15) is 5.84 Å². The lowest BCUT2D eigenvalue weighted by Crippen LogP contribution is -2.33. The third-order valence-corrected chi connectivity index (χ3v) is 2.84. The van der Waals surface area contributed by atoms with Gasteiger partial charge in [0.2, 0.25) is 0 Å². The van der Waals surface area contributed by atoms with Crippen molar-refractivity contribution in [2.24, 2.45) is 5.73 Å². The molecule has 4 N–H and O–H groups in total. The number of hydrogen-bond donors (Lipinski definition) is 3. The van der Waals surface area contributed by atoms with Crippen molar-refractivity contribution in [1.82, 2.24) is 0 Å². The highest BCUT2D eigenvalue weighted by Gasteiger charge is 2.14. The van der Waals surface area contributed by atoms with Gasteiger partial charge in [-0.1, -0.05) is 11.6 Å². The predicted molar refractivity (Wildman–Crippen MR) is 72.0 cm³/mol. The molecule has 0 aliphatic carbocycles. The summed E-state index contributed by atoms with van der Waals surface area (Å²) in [5.41, 5.74) is 6.85. The van der Waals surface area contributed by atoms with Gasteiger partial charge in [-0.05, 0) is 32.0 Å². The molecule has 5 heteroatoms. The second kappa shape index (κ2) is 5.89. The molecule has 1 aromatic carbocycles. The molecule has 0 fully saturated rings. The quantitative estimate of drug-likeness (QED) is 0.555. The lowest BCUT2D eigenvalue weighted by molar-refractivity contribution is 0.299. The number of rotatable bonds is 5. The minimum absolute atomic E-state index is 0.00305. The van der Waals surface area contributed by atoms with Crippen LogP contribution in [0, 0.1) is 5.41 Å². The molecule has 0 spiro atoms. The van der Waals surface area contributed by atoms with Gasteiger partial charge in [0.05, 0.1) is 17.3 Å². The molecule has 1 aromatic rings. The van der Waals surface area contributed by atoms with E-state index in [0.29, 0.717) is 17.1 Å². The van der Waals surface area contributed by atoms with Crippen LogP contribution in [-0.4, -0.2) is 30.1 Å². The van der Waals surface area contributed by atoms with Crippen molar-refractivity contribution in [1.29, 1.82) is 5.41 Å². The number of nitrogens with zero attached hydrogens (tertiary/aromatic N) is 1. The zero-order valence-electron chi connectivity index (χ0n) is 10.1. The van der Waals surface area contributed by atoms with E-state index in [0.717, 1.165) is 5.69 Å². The molecule has 94 valence electrons. The number of nitrogens with one attached hydrogen (secondary N) is 1. The molecule has 17 heavy (non-hydrogen) atoms. The molecule has 0 bridgehead atoms. The highest BCUT2D eigenvalue weighted by molar-refractivity contribution is 6.33. The van der Waals surface area contributed by atoms with Gasteiger partial charge in [-0.3, -0.25) is 5.41 Å². The van der Waals surface area contributed by atoms with Gasteiger partial charge in [-0.25, -0.2) is 0 Å². The van der Waals surface area contributed by atoms with Crippen molar-refractivity contribution in [3.05, 3.63) is 28.8 Å². The standard InChI is InChI=1S/C12H18ClN3O/c1-8(2)16(5-6-17)11-4-3-9(12(14)15)7-10(11)13/h3-4,7-8,17H,5-6H2,1-2H3,(H3,14,15). The third kappa shape index (κ3) is 3.35. The van der Waals surface area contributed by atoms with Crippen LogP contribution < -0.4 is 10.6 Å². The van der Waals surface area contributed by atoms with Crippen molar-refractivity contribution < 1.29 is 5.11 Å². The van der Waals surface area contributed by atoms with Crippen LogP contribution >= 0.6 is 11.6 Å². The normalized spacial score (nSPS) is 10.6. The first-order chi connectivity index (χ1) is 7.97. The Bertz CT molecular complexity index is 407. The van der Waals surface area contributed by atoms with Crippen molar-refractivity contribution in [3.63, 3.8) is 0 Å². The Morgan fingerprint density at radius 3 is 2.59 bits per heavy atom.